The first-order chi connectivity index (χ1) is 12.7. The highest BCUT2D eigenvalue weighted by Crippen LogP contribution is 2.32. The van der Waals surface area contributed by atoms with E-state index in [9.17, 15) is 0 Å². The molecular formula is C21H15Cl2N3. The first kappa shape index (κ1) is 16.8. The van der Waals surface area contributed by atoms with Crippen LogP contribution in [0.5, 0.6) is 0 Å². The largest absolute Gasteiger partial charge is 0.342 e. The molecule has 0 spiro atoms. The second-order valence-electron chi connectivity index (χ2n) is 5.91. The number of rotatable bonds is 4. The SMILES string of the molecule is Clc1cccc(-c2ccc(-c3cccn3Cc3ccccc3)nn2)c1Cl. The monoisotopic (exact) mass is 379 g/mol. The Bertz CT molecular complexity index is 1020. The summed E-state index contributed by atoms with van der Waals surface area (Å²) in [6, 6.07) is 23.7. The van der Waals surface area contributed by atoms with Gasteiger partial charge in [0.15, 0.2) is 0 Å². The molecule has 0 aliphatic heterocycles. The Morgan fingerprint density at radius 1 is 0.731 bits per heavy atom. The smallest absolute Gasteiger partial charge is 0.109 e. The van der Waals surface area contributed by atoms with Crippen LogP contribution < -0.4 is 0 Å². The van der Waals surface area contributed by atoms with Gasteiger partial charge in [0.05, 0.1) is 21.4 Å². The number of hydrogen-bond donors (Lipinski definition) is 0. The summed E-state index contributed by atoms with van der Waals surface area (Å²) in [5, 5.41) is 9.74. The highest BCUT2D eigenvalue weighted by atomic mass is 35.5. The maximum atomic E-state index is 6.28. The molecule has 0 saturated heterocycles. The molecule has 2 aromatic heterocycles. The number of hydrogen-bond acceptors (Lipinski definition) is 2. The molecule has 0 unspecified atom stereocenters. The minimum Gasteiger partial charge on any atom is -0.342 e. The van der Waals surface area contributed by atoms with Crippen molar-refractivity contribution in [3.8, 4) is 22.6 Å². The Morgan fingerprint density at radius 2 is 1.50 bits per heavy atom. The fourth-order valence-electron chi connectivity index (χ4n) is 2.88. The predicted molar refractivity (Wildman–Crippen MR) is 106 cm³/mol. The lowest BCUT2D eigenvalue weighted by Crippen LogP contribution is -2.01. The molecule has 0 N–H and O–H groups in total. The second kappa shape index (κ2) is 7.32. The minimum absolute atomic E-state index is 0.490. The molecule has 5 heteroatoms. The molecule has 26 heavy (non-hydrogen) atoms. The van der Waals surface area contributed by atoms with Crippen LogP contribution >= 0.6 is 23.2 Å². The molecule has 2 aromatic carbocycles. The minimum atomic E-state index is 0.490. The Morgan fingerprint density at radius 3 is 2.27 bits per heavy atom. The standard InChI is InChI=1S/C21H15Cl2N3/c22-17-9-4-8-16(21(17)23)18-11-12-19(25-24-18)20-10-5-13-26(20)14-15-6-2-1-3-7-15/h1-13H,14H2. The van der Waals surface area contributed by atoms with E-state index in [4.69, 9.17) is 23.2 Å². The molecule has 4 aromatic rings. The Kier molecular flexibility index (Phi) is 4.74. The number of nitrogens with zero attached hydrogens (tertiary/aromatic N) is 3. The van der Waals surface area contributed by atoms with Gasteiger partial charge in [-0.3, -0.25) is 0 Å². The van der Waals surface area contributed by atoms with E-state index >= 15 is 0 Å². The number of benzene rings is 2. The lowest BCUT2D eigenvalue weighted by atomic mass is 10.1. The molecular weight excluding hydrogens is 365 g/mol. The normalized spacial score (nSPS) is 10.8. The van der Waals surface area contributed by atoms with Crippen molar-refractivity contribution in [3.05, 3.63) is 94.6 Å². The van der Waals surface area contributed by atoms with Gasteiger partial charge in [-0.15, -0.1) is 10.2 Å². The van der Waals surface area contributed by atoms with Crippen LogP contribution in [-0.4, -0.2) is 14.8 Å². The molecule has 128 valence electrons. The molecule has 0 radical (unpaired) electrons. The molecule has 0 aliphatic carbocycles. The third-order valence-corrected chi connectivity index (χ3v) is 5.00. The zero-order valence-electron chi connectivity index (χ0n) is 13.8. The maximum Gasteiger partial charge on any atom is 0.109 e. The molecule has 0 amide bonds. The van der Waals surface area contributed by atoms with Crippen LogP contribution in [0, 0.1) is 0 Å². The van der Waals surface area contributed by atoms with Gasteiger partial charge in [-0.05, 0) is 35.9 Å². The first-order valence-electron chi connectivity index (χ1n) is 8.20. The third kappa shape index (κ3) is 3.36. The lowest BCUT2D eigenvalue weighted by molar-refractivity contribution is 0.808. The summed E-state index contributed by atoms with van der Waals surface area (Å²) < 4.78 is 2.16. The maximum absolute atomic E-state index is 6.28. The van der Waals surface area contributed by atoms with Crippen LogP contribution in [-0.2, 0) is 6.54 Å². The average molecular weight is 380 g/mol. The zero-order valence-corrected chi connectivity index (χ0v) is 15.3. The fourth-order valence-corrected chi connectivity index (χ4v) is 3.28. The van der Waals surface area contributed by atoms with E-state index in [1.54, 1.807) is 6.07 Å². The summed E-state index contributed by atoms with van der Waals surface area (Å²) in [5.74, 6) is 0. The molecule has 0 atom stereocenters. The van der Waals surface area contributed by atoms with Gasteiger partial charge in [0, 0.05) is 18.3 Å². The summed E-state index contributed by atoms with van der Waals surface area (Å²) in [7, 11) is 0. The van der Waals surface area contributed by atoms with Gasteiger partial charge in [0.25, 0.3) is 0 Å². The molecule has 0 saturated carbocycles. The fraction of sp³-hybridized carbons (Fsp3) is 0.0476. The summed E-state index contributed by atoms with van der Waals surface area (Å²) in [6.45, 7) is 0.784. The van der Waals surface area contributed by atoms with Crippen LogP contribution in [0.15, 0.2) is 79.0 Å². The van der Waals surface area contributed by atoms with Gasteiger partial charge in [0.1, 0.15) is 5.69 Å². The van der Waals surface area contributed by atoms with Crippen molar-refractivity contribution in [1.29, 1.82) is 0 Å². The predicted octanol–water partition coefficient (Wildman–Crippen LogP) is 5.97. The van der Waals surface area contributed by atoms with Crippen molar-refractivity contribution >= 4 is 23.2 Å². The van der Waals surface area contributed by atoms with E-state index in [1.165, 1.54) is 5.56 Å². The van der Waals surface area contributed by atoms with Crippen LogP contribution in [0.25, 0.3) is 22.6 Å². The van der Waals surface area contributed by atoms with Gasteiger partial charge in [-0.25, -0.2) is 0 Å². The average Bonchev–Trinajstić information content (AvgIpc) is 3.13. The number of aromatic nitrogens is 3. The van der Waals surface area contributed by atoms with E-state index in [0.29, 0.717) is 15.7 Å². The second-order valence-corrected chi connectivity index (χ2v) is 6.70. The summed E-state index contributed by atoms with van der Waals surface area (Å²) in [5.41, 5.74) is 4.54. The van der Waals surface area contributed by atoms with Gasteiger partial charge in [-0.2, -0.15) is 0 Å². The first-order valence-corrected chi connectivity index (χ1v) is 8.95. The third-order valence-electron chi connectivity index (χ3n) is 4.18. The van der Waals surface area contributed by atoms with E-state index in [-0.39, 0.29) is 0 Å². The Labute approximate surface area is 161 Å². The number of halogens is 2. The van der Waals surface area contributed by atoms with Crippen LogP contribution in [0.2, 0.25) is 10.0 Å². The quantitative estimate of drug-likeness (QED) is 0.437. The van der Waals surface area contributed by atoms with Gasteiger partial charge in [-0.1, -0.05) is 65.7 Å². The van der Waals surface area contributed by atoms with Crippen molar-refractivity contribution in [2.45, 2.75) is 6.54 Å². The van der Waals surface area contributed by atoms with Gasteiger partial charge < -0.3 is 4.57 Å². The topological polar surface area (TPSA) is 30.7 Å². The van der Waals surface area contributed by atoms with Crippen molar-refractivity contribution in [2.24, 2.45) is 0 Å². The van der Waals surface area contributed by atoms with Crippen molar-refractivity contribution in [2.75, 3.05) is 0 Å². The van der Waals surface area contributed by atoms with Crippen molar-refractivity contribution in [1.82, 2.24) is 14.8 Å². The van der Waals surface area contributed by atoms with E-state index < -0.39 is 0 Å². The van der Waals surface area contributed by atoms with Crippen LogP contribution in [0.1, 0.15) is 5.56 Å². The Hall–Kier alpha value is -2.62. The van der Waals surface area contributed by atoms with Crippen LogP contribution in [0.3, 0.4) is 0 Å². The van der Waals surface area contributed by atoms with Crippen LogP contribution in [0.4, 0.5) is 0 Å². The van der Waals surface area contributed by atoms with Crippen molar-refractivity contribution in [3.63, 3.8) is 0 Å². The molecule has 0 bridgehead atoms. The molecule has 4 rings (SSSR count). The van der Waals surface area contributed by atoms with E-state index in [0.717, 1.165) is 23.5 Å². The summed E-state index contributed by atoms with van der Waals surface area (Å²) in [4.78, 5) is 0. The lowest BCUT2D eigenvalue weighted by Gasteiger charge is -2.09. The highest BCUT2D eigenvalue weighted by Gasteiger charge is 2.11. The molecule has 3 nitrogen and oxygen atoms in total. The Balaban J connectivity index is 1.64. The molecule has 2 heterocycles. The summed E-state index contributed by atoms with van der Waals surface area (Å²) in [6.07, 6.45) is 2.05. The summed E-state index contributed by atoms with van der Waals surface area (Å²) >= 11 is 12.4. The van der Waals surface area contributed by atoms with E-state index in [2.05, 4.69) is 26.9 Å². The van der Waals surface area contributed by atoms with Gasteiger partial charge >= 0.3 is 0 Å². The molecule has 0 aliphatic rings. The molecule has 0 fully saturated rings. The van der Waals surface area contributed by atoms with Crippen molar-refractivity contribution < 1.29 is 0 Å². The van der Waals surface area contributed by atoms with Gasteiger partial charge in [0.2, 0.25) is 0 Å². The van der Waals surface area contributed by atoms with E-state index in [1.807, 2.05) is 60.8 Å². The zero-order chi connectivity index (χ0) is 17.9. The highest BCUT2D eigenvalue weighted by molar-refractivity contribution is 6.43.